The molecule has 0 aliphatic rings. The normalized spacial score (nSPS) is 12.0. The molecule has 2 N–H and O–H groups in total. The largest absolute Gasteiger partial charge is 0.348 e. The number of rotatable bonds is 8. The van der Waals surface area contributed by atoms with Gasteiger partial charge in [-0.15, -0.1) is 11.3 Å². The van der Waals surface area contributed by atoms with Crippen LogP contribution in [0.4, 0.5) is 0 Å². The molecular weight excluding hydrogens is 356 g/mol. The molecule has 0 saturated carbocycles. The van der Waals surface area contributed by atoms with E-state index in [1.165, 1.54) is 6.08 Å². The van der Waals surface area contributed by atoms with Crippen LogP contribution in [0.15, 0.2) is 47.9 Å². The average Bonchev–Trinajstić information content (AvgIpc) is 3.04. The number of sulfonamides is 1. The zero-order valence-electron chi connectivity index (χ0n) is 14.2. The molecule has 0 aliphatic heterocycles. The van der Waals surface area contributed by atoms with Crippen molar-refractivity contribution in [2.24, 2.45) is 0 Å². The highest BCUT2D eigenvalue weighted by atomic mass is 32.2. The minimum atomic E-state index is -3.33. The fourth-order valence-electron chi connectivity index (χ4n) is 2.17. The van der Waals surface area contributed by atoms with Crippen LogP contribution in [0.3, 0.4) is 0 Å². The third-order valence-electron chi connectivity index (χ3n) is 3.20. The van der Waals surface area contributed by atoms with Gasteiger partial charge >= 0.3 is 0 Å². The summed E-state index contributed by atoms with van der Waals surface area (Å²) in [5, 5.41) is 4.76. The van der Waals surface area contributed by atoms with Gasteiger partial charge in [0.25, 0.3) is 0 Å². The molecule has 5 nitrogen and oxygen atoms in total. The van der Waals surface area contributed by atoms with Gasteiger partial charge in [0.15, 0.2) is 0 Å². The maximum atomic E-state index is 11.9. The minimum Gasteiger partial charge on any atom is -0.348 e. The quantitative estimate of drug-likeness (QED) is 0.694. The summed E-state index contributed by atoms with van der Waals surface area (Å²) in [6.07, 6.45) is 3.28. The van der Waals surface area contributed by atoms with E-state index in [4.69, 9.17) is 0 Å². The Morgan fingerprint density at radius 3 is 2.44 bits per heavy atom. The number of carbonyl (C=O) groups excluding carboxylic acids is 1. The molecule has 0 unspecified atom stereocenters. The van der Waals surface area contributed by atoms with Crippen molar-refractivity contribution in [1.82, 2.24) is 10.0 Å². The van der Waals surface area contributed by atoms with E-state index in [-0.39, 0.29) is 17.7 Å². The van der Waals surface area contributed by atoms with Crippen LogP contribution in [-0.2, 0) is 27.1 Å². The predicted octanol–water partition coefficient (Wildman–Crippen LogP) is 2.91. The Hall–Kier alpha value is -1.96. The molecule has 1 amide bonds. The number of benzene rings is 1. The van der Waals surface area contributed by atoms with Gasteiger partial charge in [0.05, 0.1) is 5.75 Å². The number of hydrogen-bond donors (Lipinski definition) is 2. The molecule has 7 heteroatoms. The number of nitrogens with one attached hydrogen (secondary N) is 2. The van der Waals surface area contributed by atoms with E-state index >= 15 is 0 Å². The molecule has 134 valence electrons. The molecule has 0 bridgehead atoms. The Morgan fingerprint density at radius 1 is 1.16 bits per heavy atom. The van der Waals surface area contributed by atoms with Crippen LogP contribution in [0.5, 0.6) is 0 Å². The molecule has 1 aromatic carbocycles. The lowest BCUT2D eigenvalue weighted by Gasteiger charge is -2.10. The molecule has 0 spiro atoms. The second-order valence-corrected chi connectivity index (χ2v) is 8.65. The Kier molecular flexibility index (Phi) is 6.92. The summed E-state index contributed by atoms with van der Waals surface area (Å²) in [5.74, 6) is -0.220. The van der Waals surface area contributed by atoms with Gasteiger partial charge in [0, 0.05) is 23.5 Å². The van der Waals surface area contributed by atoms with Crippen molar-refractivity contribution in [2.75, 3.05) is 0 Å². The summed E-state index contributed by atoms with van der Waals surface area (Å²) in [7, 11) is -3.33. The molecule has 2 aromatic rings. The molecule has 2 rings (SSSR count). The fraction of sp³-hybridized carbons (Fsp3) is 0.278. The highest BCUT2D eigenvalue weighted by Gasteiger charge is 2.12. The standard InChI is InChI=1S/C18H22N2O3S2/c1-14(2)20-25(22,23)13-16-7-5-15(6-8-16)12-19-18(21)10-9-17-4-3-11-24-17/h3-11,14,20H,12-13H2,1-2H3,(H,19,21)/b10-9+. The first-order chi connectivity index (χ1) is 11.8. The number of thiophene rings is 1. The summed E-state index contributed by atoms with van der Waals surface area (Å²) in [4.78, 5) is 12.8. The second-order valence-electron chi connectivity index (χ2n) is 5.91. The lowest BCUT2D eigenvalue weighted by Crippen LogP contribution is -2.31. The Bertz CT molecular complexity index is 809. The second kappa shape index (κ2) is 8.94. The Balaban J connectivity index is 1.85. The van der Waals surface area contributed by atoms with Gasteiger partial charge in [-0.2, -0.15) is 0 Å². The van der Waals surface area contributed by atoms with Gasteiger partial charge in [-0.3, -0.25) is 4.79 Å². The van der Waals surface area contributed by atoms with E-state index in [0.29, 0.717) is 12.1 Å². The van der Waals surface area contributed by atoms with Crippen LogP contribution in [-0.4, -0.2) is 20.4 Å². The van der Waals surface area contributed by atoms with Gasteiger partial charge in [0.1, 0.15) is 0 Å². The number of carbonyl (C=O) groups is 1. The van der Waals surface area contributed by atoms with Crippen LogP contribution < -0.4 is 10.0 Å². The van der Waals surface area contributed by atoms with Crippen LogP contribution in [0.25, 0.3) is 6.08 Å². The van der Waals surface area contributed by atoms with E-state index in [1.54, 1.807) is 43.4 Å². The third kappa shape index (κ3) is 7.21. The van der Waals surface area contributed by atoms with Crippen LogP contribution in [0, 0.1) is 0 Å². The third-order valence-corrected chi connectivity index (χ3v) is 5.59. The van der Waals surface area contributed by atoms with Gasteiger partial charge in [-0.1, -0.05) is 30.3 Å². The number of amides is 1. The smallest absolute Gasteiger partial charge is 0.244 e. The summed E-state index contributed by atoms with van der Waals surface area (Å²) >= 11 is 1.57. The first-order valence-electron chi connectivity index (χ1n) is 7.91. The minimum absolute atomic E-state index is 0.0542. The average molecular weight is 379 g/mol. The van der Waals surface area contributed by atoms with E-state index in [0.717, 1.165) is 10.4 Å². The molecule has 0 radical (unpaired) electrons. The summed E-state index contributed by atoms with van der Waals surface area (Å²) in [6, 6.07) is 10.9. The van der Waals surface area contributed by atoms with Gasteiger partial charge < -0.3 is 5.32 Å². The maximum Gasteiger partial charge on any atom is 0.244 e. The molecule has 0 saturated heterocycles. The zero-order valence-corrected chi connectivity index (χ0v) is 15.9. The van der Waals surface area contributed by atoms with E-state index in [1.807, 2.05) is 29.6 Å². The van der Waals surface area contributed by atoms with Crippen LogP contribution in [0.2, 0.25) is 0 Å². The number of hydrogen-bond acceptors (Lipinski definition) is 4. The topological polar surface area (TPSA) is 75.3 Å². The molecule has 0 aliphatic carbocycles. The summed E-state index contributed by atoms with van der Waals surface area (Å²) < 4.78 is 26.4. The fourth-order valence-corrected chi connectivity index (χ4v) is 4.22. The lowest BCUT2D eigenvalue weighted by atomic mass is 10.1. The lowest BCUT2D eigenvalue weighted by molar-refractivity contribution is -0.116. The van der Waals surface area contributed by atoms with Crippen molar-refractivity contribution in [2.45, 2.75) is 32.2 Å². The van der Waals surface area contributed by atoms with Crippen molar-refractivity contribution < 1.29 is 13.2 Å². The van der Waals surface area contributed by atoms with E-state index in [2.05, 4.69) is 10.0 Å². The van der Waals surface area contributed by atoms with Crippen molar-refractivity contribution >= 4 is 33.3 Å². The van der Waals surface area contributed by atoms with Crippen molar-refractivity contribution in [3.8, 4) is 0 Å². The molecule has 25 heavy (non-hydrogen) atoms. The van der Waals surface area contributed by atoms with Crippen LogP contribution >= 0.6 is 11.3 Å². The van der Waals surface area contributed by atoms with Crippen LogP contribution in [0.1, 0.15) is 29.9 Å². The zero-order chi connectivity index (χ0) is 18.3. The molecule has 1 heterocycles. The van der Waals surface area contributed by atoms with Gasteiger partial charge in [-0.05, 0) is 42.5 Å². The highest BCUT2D eigenvalue weighted by molar-refractivity contribution is 7.88. The van der Waals surface area contributed by atoms with E-state index in [9.17, 15) is 13.2 Å². The van der Waals surface area contributed by atoms with Crippen molar-refractivity contribution in [3.63, 3.8) is 0 Å². The van der Waals surface area contributed by atoms with Gasteiger partial charge in [-0.25, -0.2) is 13.1 Å². The maximum absolute atomic E-state index is 11.9. The Labute approximate surface area is 152 Å². The highest BCUT2D eigenvalue weighted by Crippen LogP contribution is 2.10. The monoisotopic (exact) mass is 378 g/mol. The van der Waals surface area contributed by atoms with Crippen molar-refractivity contribution in [3.05, 3.63) is 63.9 Å². The molecule has 1 aromatic heterocycles. The van der Waals surface area contributed by atoms with Crippen molar-refractivity contribution in [1.29, 1.82) is 0 Å². The first-order valence-corrected chi connectivity index (χ1v) is 10.4. The predicted molar refractivity (Wildman–Crippen MR) is 103 cm³/mol. The molecule has 0 atom stereocenters. The Morgan fingerprint density at radius 2 is 1.84 bits per heavy atom. The SMILES string of the molecule is CC(C)NS(=O)(=O)Cc1ccc(CNC(=O)/C=C/c2cccs2)cc1. The summed E-state index contributed by atoms with van der Waals surface area (Å²) in [5.41, 5.74) is 1.62. The first kappa shape index (κ1) is 19.4. The van der Waals surface area contributed by atoms with Gasteiger partial charge in [0.2, 0.25) is 15.9 Å². The molecular formula is C18H22N2O3S2. The van der Waals surface area contributed by atoms with E-state index < -0.39 is 10.0 Å². The molecule has 0 fully saturated rings. The summed E-state index contributed by atoms with van der Waals surface area (Å²) in [6.45, 7) is 3.97.